The summed E-state index contributed by atoms with van der Waals surface area (Å²) in [6.07, 6.45) is 2.97. The molecule has 22 heavy (non-hydrogen) atoms. The third-order valence-electron chi connectivity index (χ3n) is 3.73. The van der Waals surface area contributed by atoms with Gasteiger partial charge in [-0.25, -0.2) is 0 Å². The predicted molar refractivity (Wildman–Crippen MR) is 97.6 cm³/mol. The lowest BCUT2D eigenvalue weighted by Gasteiger charge is -2.37. The minimum Gasteiger partial charge on any atom is -0.427 e. The molecule has 0 rings (SSSR count). The highest BCUT2D eigenvalue weighted by Gasteiger charge is 2.35. The Morgan fingerprint density at radius 2 is 1.86 bits per heavy atom. The van der Waals surface area contributed by atoms with Crippen LogP contribution in [0, 0.1) is 5.41 Å². The standard InChI is InChI=1S/C15H33BN2O3Si/c1-14(2,19)15(3,4)21-16-13(10-17)11-18-12-20-8-9-22(5,6)7/h10-11,16-19H,8-9,12H2,1-7H3/b13-11+,17-10?. The van der Waals surface area contributed by atoms with Crippen LogP contribution in [-0.4, -0.2) is 51.4 Å². The molecule has 0 aromatic rings. The molecule has 3 N–H and O–H groups in total. The van der Waals surface area contributed by atoms with Gasteiger partial charge < -0.3 is 25.2 Å². The van der Waals surface area contributed by atoms with Gasteiger partial charge in [-0.2, -0.15) is 0 Å². The molecule has 0 spiro atoms. The molecule has 0 atom stereocenters. The van der Waals surface area contributed by atoms with E-state index in [0.29, 0.717) is 12.2 Å². The number of aliphatic hydroxyl groups is 1. The van der Waals surface area contributed by atoms with Gasteiger partial charge in [0.15, 0.2) is 0 Å². The summed E-state index contributed by atoms with van der Waals surface area (Å²) in [7, 11) is -0.780. The van der Waals surface area contributed by atoms with Gasteiger partial charge in [0.05, 0.1) is 11.2 Å². The van der Waals surface area contributed by atoms with Crippen molar-refractivity contribution in [3.8, 4) is 0 Å². The van der Waals surface area contributed by atoms with E-state index < -0.39 is 19.3 Å². The predicted octanol–water partition coefficient (Wildman–Crippen LogP) is 2.30. The Morgan fingerprint density at radius 1 is 1.27 bits per heavy atom. The van der Waals surface area contributed by atoms with E-state index in [4.69, 9.17) is 14.8 Å². The molecule has 7 heteroatoms. The van der Waals surface area contributed by atoms with Crippen molar-refractivity contribution in [3.05, 3.63) is 11.7 Å². The average molecular weight is 328 g/mol. The summed E-state index contributed by atoms with van der Waals surface area (Å²) in [5.74, 6) is 0. The van der Waals surface area contributed by atoms with Gasteiger partial charge in [-0.1, -0.05) is 19.6 Å². The molecule has 0 aliphatic rings. The second kappa shape index (κ2) is 8.86. The third-order valence-corrected chi connectivity index (χ3v) is 5.43. The van der Waals surface area contributed by atoms with Crippen molar-refractivity contribution in [1.29, 1.82) is 5.41 Å². The molecule has 0 saturated heterocycles. The maximum atomic E-state index is 10.0. The highest BCUT2D eigenvalue weighted by molar-refractivity contribution is 6.76. The summed E-state index contributed by atoms with van der Waals surface area (Å²) in [6, 6.07) is 1.14. The van der Waals surface area contributed by atoms with Gasteiger partial charge in [0.2, 0.25) is 0 Å². The molecular formula is C15H33BN2O3Si. The lowest BCUT2D eigenvalue weighted by molar-refractivity contribution is -0.0895. The molecule has 0 heterocycles. The van der Waals surface area contributed by atoms with Crippen molar-refractivity contribution in [2.24, 2.45) is 0 Å². The second-order valence-corrected chi connectivity index (χ2v) is 13.4. The van der Waals surface area contributed by atoms with E-state index in [9.17, 15) is 5.11 Å². The normalized spacial score (nSPS) is 13.9. The van der Waals surface area contributed by atoms with Gasteiger partial charge in [0.25, 0.3) is 0 Å². The summed E-state index contributed by atoms with van der Waals surface area (Å²) in [4.78, 5) is 0. The molecule has 0 aromatic carbocycles. The summed E-state index contributed by atoms with van der Waals surface area (Å²) in [5, 5.41) is 20.5. The van der Waals surface area contributed by atoms with E-state index in [0.717, 1.165) is 12.7 Å². The highest BCUT2D eigenvalue weighted by Crippen LogP contribution is 2.24. The molecular weight excluding hydrogens is 295 g/mol. The first kappa shape index (κ1) is 21.4. The van der Waals surface area contributed by atoms with Gasteiger partial charge in [0.1, 0.15) is 6.73 Å². The third kappa shape index (κ3) is 9.40. The van der Waals surface area contributed by atoms with E-state index in [1.54, 1.807) is 20.0 Å². The maximum absolute atomic E-state index is 10.0. The Balaban J connectivity index is 4.13. The van der Waals surface area contributed by atoms with E-state index >= 15 is 0 Å². The first-order valence-corrected chi connectivity index (χ1v) is 11.5. The van der Waals surface area contributed by atoms with Crippen LogP contribution in [0.15, 0.2) is 11.7 Å². The Kier molecular flexibility index (Phi) is 8.61. The molecule has 0 aromatic heterocycles. The first-order chi connectivity index (χ1) is 9.89. The summed E-state index contributed by atoms with van der Waals surface area (Å²) in [6.45, 7) is 15.2. The van der Waals surface area contributed by atoms with Crippen molar-refractivity contribution in [1.82, 2.24) is 5.32 Å². The summed E-state index contributed by atoms with van der Waals surface area (Å²) < 4.78 is 11.3. The van der Waals surface area contributed by atoms with Gasteiger partial charge in [-0.3, -0.25) is 0 Å². The topological polar surface area (TPSA) is 74.6 Å². The number of allylic oxidation sites excluding steroid dienone is 1. The second-order valence-electron chi connectivity index (χ2n) is 7.79. The van der Waals surface area contributed by atoms with Crippen molar-refractivity contribution in [2.75, 3.05) is 13.3 Å². The largest absolute Gasteiger partial charge is 0.427 e. The van der Waals surface area contributed by atoms with Gasteiger partial charge in [0, 0.05) is 20.9 Å². The fourth-order valence-electron chi connectivity index (χ4n) is 1.25. The number of hydrogen-bond donors (Lipinski definition) is 3. The summed E-state index contributed by atoms with van der Waals surface area (Å²) in [5.41, 5.74) is -0.942. The van der Waals surface area contributed by atoms with E-state index in [1.807, 2.05) is 13.8 Å². The van der Waals surface area contributed by atoms with Crippen LogP contribution in [0.1, 0.15) is 27.7 Å². The monoisotopic (exact) mass is 328 g/mol. The van der Waals surface area contributed by atoms with Gasteiger partial charge >= 0.3 is 7.48 Å². The Bertz CT molecular complexity index is 374. The average Bonchev–Trinajstić information content (AvgIpc) is 2.34. The quantitative estimate of drug-likeness (QED) is 0.235. The highest BCUT2D eigenvalue weighted by atomic mass is 28.3. The SMILES string of the molecule is CC(C)(O)C(C)(C)OB/C(C=N)=C/NCOCC[Si](C)(C)C. The minimum absolute atomic E-state index is 0.266. The molecule has 128 valence electrons. The molecule has 0 aliphatic heterocycles. The molecule has 5 nitrogen and oxygen atoms in total. The zero-order chi connectivity index (χ0) is 17.4. The van der Waals surface area contributed by atoms with Gasteiger partial charge in [-0.15, -0.1) is 0 Å². The van der Waals surface area contributed by atoms with E-state index in [2.05, 4.69) is 25.0 Å². The summed E-state index contributed by atoms with van der Waals surface area (Å²) >= 11 is 0. The van der Waals surface area contributed by atoms with E-state index in [1.165, 1.54) is 6.21 Å². The minimum atomic E-state index is -1.05. The number of rotatable bonds is 11. The Labute approximate surface area is 137 Å². The van der Waals surface area contributed by atoms with Crippen LogP contribution >= 0.6 is 0 Å². The smallest absolute Gasteiger partial charge is 0.312 e. The fourth-order valence-corrected chi connectivity index (χ4v) is 2.00. The van der Waals surface area contributed by atoms with Crippen LogP contribution < -0.4 is 5.32 Å². The van der Waals surface area contributed by atoms with Gasteiger partial charge in [-0.05, 0) is 45.4 Å². The molecule has 0 fully saturated rings. The van der Waals surface area contributed by atoms with Crippen LogP contribution in [0.4, 0.5) is 0 Å². The molecule has 0 bridgehead atoms. The maximum Gasteiger partial charge on any atom is 0.312 e. The molecule has 0 unspecified atom stereocenters. The molecule has 0 amide bonds. The lowest BCUT2D eigenvalue weighted by atomic mass is 9.83. The van der Waals surface area contributed by atoms with Crippen LogP contribution in [0.3, 0.4) is 0 Å². The van der Waals surface area contributed by atoms with Crippen molar-refractivity contribution < 1.29 is 14.5 Å². The number of nitrogens with one attached hydrogen (secondary N) is 2. The molecule has 0 aliphatic carbocycles. The molecule has 0 saturated carbocycles. The van der Waals surface area contributed by atoms with Crippen LogP contribution in [0.5, 0.6) is 0 Å². The Hall–Kier alpha value is -0.628. The molecule has 0 radical (unpaired) electrons. The van der Waals surface area contributed by atoms with Crippen molar-refractivity contribution in [3.63, 3.8) is 0 Å². The fraction of sp³-hybridized carbons (Fsp3) is 0.800. The van der Waals surface area contributed by atoms with Crippen LogP contribution in [0.25, 0.3) is 0 Å². The van der Waals surface area contributed by atoms with Crippen LogP contribution in [0.2, 0.25) is 25.7 Å². The first-order valence-electron chi connectivity index (χ1n) is 7.76. The van der Waals surface area contributed by atoms with Crippen LogP contribution in [-0.2, 0) is 9.39 Å². The van der Waals surface area contributed by atoms with E-state index in [-0.39, 0.29) is 7.48 Å². The zero-order valence-electron chi connectivity index (χ0n) is 15.2. The van der Waals surface area contributed by atoms with Crippen molar-refractivity contribution >= 4 is 21.8 Å². The lowest BCUT2D eigenvalue weighted by Crippen LogP contribution is -2.48. The zero-order valence-corrected chi connectivity index (χ0v) is 16.2. The van der Waals surface area contributed by atoms with Crippen molar-refractivity contribution in [2.45, 2.75) is 64.6 Å². The number of ether oxygens (including phenoxy) is 1. The Morgan fingerprint density at radius 3 is 2.32 bits per heavy atom. The number of hydrogen-bond acceptors (Lipinski definition) is 5.